The summed E-state index contributed by atoms with van der Waals surface area (Å²) in [6.07, 6.45) is 3.09. The highest BCUT2D eigenvalue weighted by Gasteiger charge is 2.10. The SMILES string of the molecule is Cc1ccc2[nH]c3c(=O)n(/N=C\c4ccc(Br)cc4)cnc3c2c1. The quantitative estimate of drug-likeness (QED) is 0.537. The van der Waals surface area contributed by atoms with Crippen LogP contribution in [0.4, 0.5) is 0 Å². The van der Waals surface area contributed by atoms with Gasteiger partial charge in [0, 0.05) is 15.4 Å². The summed E-state index contributed by atoms with van der Waals surface area (Å²) in [4.78, 5) is 20.2. The van der Waals surface area contributed by atoms with E-state index in [1.807, 2.05) is 49.4 Å². The van der Waals surface area contributed by atoms with Gasteiger partial charge in [0.25, 0.3) is 5.56 Å². The second kappa shape index (κ2) is 5.72. The Morgan fingerprint density at radius 2 is 2.00 bits per heavy atom. The van der Waals surface area contributed by atoms with Gasteiger partial charge in [-0.3, -0.25) is 4.79 Å². The largest absolute Gasteiger partial charge is 0.349 e. The molecule has 0 atom stereocenters. The maximum Gasteiger partial charge on any atom is 0.298 e. The fourth-order valence-corrected chi connectivity index (χ4v) is 2.88. The smallest absolute Gasteiger partial charge is 0.298 e. The summed E-state index contributed by atoms with van der Waals surface area (Å²) < 4.78 is 2.24. The molecule has 4 rings (SSSR count). The highest BCUT2D eigenvalue weighted by atomic mass is 79.9. The third kappa shape index (κ3) is 2.55. The molecule has 0 radical (unpaired) electrons. The number of nitrogens with zero attached hydrogens (tertiary/aromatic N) is 3. The molecule has 0 saturated heterocycles. The topological polar surface area (TPSA) is 63.0 Å². The Morgan fingerprint density at radius 3 is 2.79 bits per heavy atom. The molecule has 118 valence electrons. The van der Waals surface area contributed by atoms with Gasteiger partial charge < -0.3 is 4.98 Å². The zero-order valence-corrected chi connectivity index (χ0v) is 14.4. The summed E-state index contributed by atoms with van der Waals surface area (Å²) >= 11 is 3.39. The Kier molecular flexibility index (Phi) is 3.54. The number of aryl methyl sites for hydroxylation is 1. The summed E-state index contributed by atoms with van der Waals surface area (Å²) in [6, 6.07) is 13.7. The van der Waals surface area contributed by atoms with Crippen LogP contribution >= 0.6 is 15.9 Å². The number of H-pyrrole nitrogens is 1. The van der Waals surface area contributed by atoms with Crippen LogP contribution in [-0.4, -0.2) is 20.9 Å². The van der Waals surface area contributed by atoms with E-state index in [9.17, 15) is 4.79 Å². The predicted octanol–water partition coefficient (Wildman–Crippen LogP) is 3.83. The molecular weight excluding hydrogens is 368 g/mol. The van der Waals surface area contributed by atoms with E-state index in [0.717, 1.165) is 26.5 Å². The lowest BCUT2D eigenvalue weighted by Gasteiger charge is -1.98. The van der Waals surface area contributed by atoms with E-state index >= 15 is 0 Å². The van der Waals surface area contributed by atoms with E-state index in [-0.39, 0.29) is 5.56 Å². The van der Waals surface area contributed by atoms with Crippen molar-refractivity contribution in [1.29, 1.82) is 0 Å². The van der Waals surface area contributed by atoms with Crippen molar-refractivity contribution in [2.45, 2.75) is 6.92 Å². The maximum absolute atomic E-state index is 12.6. The zero-order chi connectivity index (χ0) is 16.7. The number of aromatic nitrogens is 3. The molecule has 2 aromatic heterocycles. The molecule has 0 spiro atoms. The van der Waals surface area contributed by atoms with Crippen molar-refractivity contribution in [2.24, 2.45) is 5.10 Å². The molecule has 5 nitrogen and oxygen atoms in total. The van der Waals surface area contributed by atoms with Crippen molar-refractivity contribution in [3.63, 3.8) is 0 Å². The van der Waals surface area contributed by atoms with Crippen LogP contribution in [0, 0.1) is 6.92 Å². The summed E-state index contributed by atoms with van der Waals surface area (Å²) in [5.74, 6) is 0. The van der Waals surface area contributed by atoms with E-state index in [0.29, 0.717) is 11.0 Å². The van der Waals surface area contributed by atoms with E-state index in [2.05, 4.69) is 31.0 Å². The van der Waals surface area contributed by atoms with Crippen molar-refractivity contribution in [2.75, 3.05) is 0 Å². The van der Waals surface area contributed by atoms with Crippen LogP contribution < -0.4 is 5.56 Å². The molecular formula is C18H13BrN4O. The maximum atomic E-state index is 12.6. The number of hydrogen-bond acceptors (Lipinski definition) is 3. The van der Waals surface area contributed by atoms with Gasteiger partial charge in [0.2, 0.25) is 0 Å². The summed E-state index contributed by atoms with van der Waals surface area (Å²) in [5, 5.41) is 5.18. The number of fused-ring (bicyclic) bond motifs is 3. The van der Waals surface area contributed by atoms with Crippen LogP contribution in [-0.2, 0) is 0 Å². The minimum atomic E-state index is -0.220. The van der Waals surface area contributed by atoms with Crippen LogP contribution in [0.3, 0.4) is 0 Å². The Labute approximate surface area is 145 Å². The third-order valence-corrected chi connectivity index (χ3v) is 4.37. The lowest BCUT2D eigenvalue weighted by atomic mass is 10.2. The number of aromatic amines is 1. The van der Waals surface area contributed by atoms with Crippen molar-refractivity contribution in [1.82, 2.24) is 14.6 Å². The van der Waals surface area contributed by atoms with E-state index in [4.69, 9.17) is 0 Å². The van der Waals surface area contributed by atoms with Gasteiger partial charge in [-0.15, -0.1) is 0 Å². The van der Waals surface area contributed by atoms with Crippen molar-refractivity contribution >= 4 is 44.1 Å². The molecule has 4 aromatic rings. The molecule has 0 fully saturated rings. The van der Waals surface area contributed by atoms with E-state index in [1.165, 1.54) is 11.0 Å². The second-order valence-electron chi connectivity index (χ2n) is 5.59. The number of benzene rings is 2. The monoisotopic (exact) mass is 380 g/mol. The molecule has 0 bridgehead atoms. The highest BCUT2D eigenvalue weighted by molar-refractivity contribution is 9.10. The number of halogens is 1. The first-order chi connectivity index (χ1) is 11.6. The van der Waals surface area contributed by atoms with E-state index in [1.54, 1.807) is 6.21 Å². The molecule has 2 aromatic carbocycles. The molecule has 0 aliphatic rings. The molecule has 1 N–H and O–H groups in total. The van der Waals surface area contributed by atoms with Crippen LogP contribution in [0.2, 0.25) is 0 Å². The first kappa shape index (κ1) is 14.8. The van der Waals surface area contributed by atoms with Gasteiger partial charge in [-0.2, -0.15) is 9.78 Å². The summed E-state index contributed by atoms with van der Waals surface area (Å²) in [6.45, 7) is 2.02. The number of hydrogen-bond donors (Lipinski definition) is 1. The zero-order valence-electron chi connectivity index (χ0n) is 12.8. The van der Waals surface area contributed by atoms with Gasteiger partial charge in [0.05, 0.1) is 6.21 Å². The minimum absolute atomic E-state index is 0.220. The molecule has 0 amide bonds. The lowest BCUT2D eigenvalue weighted by Crippen LogP contribution is -2.17. The average molecular weight is 381 g/mol. The molecule has 2 heterocycles. The lowest BCUT2D eigenvalue weighted by molar-refractivity contribution is 0.815. The first-order valence-electron chi connectivity index (χ1n) is 7.41. The number of rotatable bonds is 2. The Hall–Kier alpha value is -2.73. The Bertz CT molecular complexity index is 1140. The van der Waals surface area contributed by atoms with Crippen LogP contribution in [0.5, 0.6) is 0 Å². The fourth-order valence-electron chi connectivity index (χ4n) is 2.62. The molecule has 0 unspecified atom stereocenters. The van der Waals surface area contributed by atoms with Crippen molar-refractivity contribution in [3.8, 4) is 0 Å². The van der Waals surface area contributed by atoms with Crippen molar-refractivity contribution < 1.29 is 0 Å². The normalized spacial score (nSPS) is 11.8. The van der Waals surface area contributed by atoms with Gasteiger partial charge in [0.1, 0.15) is 17.4 Å². The Morgan fingerprint density at radius 1 is 1.21 bits per heavy atom. The minimum Gasteiger partial charge on any atom is -0.349 e. The fraction of sp³-hybridized carbons (Fsp3) is 0.0556. The third-order valence-electron chi connectivity index (χ3n) is 3.85. The molecule has 0 aliphatic heterocycles. The van der Waals surface area contributed by atoms with Crippen LogP contribution in [0.25, 0.3) is 21.9 Å². The van der Waals surface area contributed by atoms with Gasteiger partial charge >= 0.3 is 0 Å². The highest BCUT2D eigenvalue weighted by Crippen LogP contribution is 2.22. The molecule has 24 heavy (non-hydrogen) atoms. The van der Waals surface area contributed by atoms with Gasteiger partial charge in [0.15, 0.2) is 0 Å². The molecule has 0 saturated carbocycles. The number of nitrogens with one attached hydrogen (secondary N) is 1. The average Bonchev–Trinajstić information content (AvgIpc) is 2.95. The van der Waals surface area contributed by atoms with Crippen molar-refractivity contribution in [3.05, 3.63) is 74.7 Å². The van der Waals surface area contributed by atoms with Gasteiger partial charge in [-0.1, -0.05) is 39.7 Å². The summed E-state index contributed by atoms with van der Waals surface area (Å²) in [5.41, 5.74) is 3.84. The Balaban J connectivity index is 1.82. The van der Waals surface area contributed by atoms with E-state index < -0.39 is 0 Å². The van der Waals surface area contributed by atoms with Crippen LogP contribution in [0.1, 0.15) is 11.1 Å². The first-order valence-corrected chi connectivity index (χ1v) is 8.21. The molecule has 6 heteroatoms. The van der Waals surface area contributed by atoms with Gasteiger partial charge in [-0.05, 0) is 36.8 Å². The van der Waals surface area contributed by atoms with Gasteiger partial charge in [-0.25, -0.2) is 4.98 Å². The van der Waals surface area contributed by atoms with Crippen LogP contribution in [0.15, 0.2) is 63.2 Å². The molecule has 0 aliphatic carbocycles. The second-order valence-corrected chi connectivity index (χ2v) is 6.50. The standard InChI is InChI=1S/C18H13BrN4O/c1-11-2-7-15-14(8-11)16-17(22-15)18(24)23(10-20-16)21-9-12-3-5-13(19)6-4-12/h2-10,22H,1H3/b21-9-. The summed E-state index contributed by atoms with van der Waals surface area (Å²) in [7, 11) is 0. The predicted molar refractivity (Wildman–Crippen MR) is 99.7 cm³/mol.